The van der Waals surface area contributed by atoms with Gasteiger partial charge in [-0.3, -0.25) is 0 Å². The van der Waals surface area contributed by atoms with Crippen molar-refractivity contribution >= 4 is 32.9 Å². The topological polar surface area (TPSA) is 34.4 Å². The summed E-state index contributed by atoms with van der Waals surface area (Å²) in [7, 11) is 0. The molecule has 1 aliphatic carbocycles. The molecule has 0 saturated carbocycles. The van der Waals surface area contributed by atoms with Gasteiger partial charge in [0.15, 0.2) is 18.8 Å². The van der Waals surface area contributed by atoms with Crippen LogP contribution in [-0.4, -0.2) is 57.3 Å². The number of hydrogen-bond donors (Lipinski definition) is 1. The Bertz CT molecular complexity index is 1100. The quantitative estimate of drug-likeness (QED) is 0.511. The Hall–Kier alpha value is -2.18. The van der Waals surface area contributed by atoms with Gasteiger partial charge >= 0.3 is 0 Å². The minimum absolute atomic E-state index is 1.05. The molecule has 6 heteroatoms. The summed E-state index contributed by atoms with van der Waals surface area (Å²) in [5.41, 5.74) is 5.03. The Morgan fingerprint density at radius 3 is 2.27 bits per heavy atom. The highest BCUT2D eigenvalue weighted by atomic mass is 32.1. The maximum Gasteiger partial charge on any atom is 0.229 e. The first kappa shape index (κ1) is 18.6. The van der Waals surface area contributed by atoms with Crippen molar-refractivity contribution in [2.45, 2.75) is 25.7 Å². The smallest absolute Gasteiger partial charge is 0.229 e. The van der Waals surface area contributed by atoms with Gasteiger partial charge in [0, 0.05) is 43.6 Å². The molecule has 3 saturated heterocycles. The number of rotatable bonds is 2. The van der Waals surface area contributed by atoms with Gasteiger partial charge in [-0.05, 0) is 49.9 Å². The summed E-state index contributed by atoms with van der Waals surface area (Å²) in [6.45, 7) is 8.92. The Balaban J connectivity index is 1.55. The van der Waals surface area contributed by atoms with Gasteiger partial charge in [-0.25, -0.2) is 9.56 Å². The Labute approximate surface area is 182 Å². The van der Waals surface area contributed by atoms with Gasteiger partial charge in [-0.15, -0.1) is 11.3 Å². The van der Waals surface area contributed by atoms with Crippen LogP contribution in [0.3, 0.4) is 0 Å². The van der Waals surface area contributed by atoms with Crippen molar-refractivity contribution in [3.63, 3.8) is 0 Å². The fourth-order valence-electron chi connectivity index (χ4n) is 5.16. The zero-order chi connectivity index (χ0) is 19.9. The molecule has 0 bridgehead atoms. The first-order valence-corrected chi connectivity index (χ1v) is 12.3. The van der Waals surface area contributed by atoms with Crippen molar-refractivity contribution in [1.82, 2.24) is 14.9 Å². The number of nitrogens with zero attached hydrogens (tertiary/aromatic N) is 4. The molecule has 4 aliphatic heterocycles. The molecule has 1 aromatic rings. The van der Waals surface area contributed by atoms with E-state index in [2.05, 4.69) is 50.0 Å². The van der Waals surface area contributed by atoms with Crippen molar-refractivity contribution in [3.8, 4) is 10.6 Å². The largest absolute Gasteiger partial charge is 0.371 e. The molecular weight excluding hydrogens is 390 g/mol. The maximum atomic E-state index is 5.20. The van der Waals surface area contributed by atoms with E-state index in [1.165, 1.54) is 83.9 Å². The van der Waals surface area contributed by atoms with Gasteiger partial charge < -0.3 is 15.1 Å². The highest BCUT2D eigenvalue weighted by Gasteiger charge is 2.23. The minimum atomic E-state index is 1.05. The lowest BCUT2D eigenvalue weighted by atomic mass is 10.2. The monoisotopic (exact) mass is 420 g/mol. The molecule has 1 N–H and O–H groups in total. The SMILES string of the molecule is c1cc2nc3c(=[N+]4CCNCC4)cc(N4CCCC4)cc-3sc2cc1N1CCCC1. The third-order valence-electron chi connectivity index (χ3n) is 6.84. The second-order valence-corrected chi connectivity index (χ2v) is 9.89. The zero-order valence-corrected chi connectivity index (χ0v) is 18.4. The Morgan fingerprint density at radius 1 is 0.833 bits per heavy atom. The molecular formula is C24H30N5S+. The van der Waals surface area contributed by atoms with Crippen LogP contribution in [0.5, 0.6) is 0 Å². The van der Waals surface area contributed by atoms with Gasteiger partial charge in [-0.1, -0.05) is 0 Å². The van der Waals surface area contributed by atoms with Crippen LogP contribution < -0.4 is 25.0 Å². The van der Waals surface area contributed by atoms with Gasteiger partial charge in [0.05, 0.1) is 28.2 Å². The third-order valence-corrected chi connectivity index (χ3v) is 7.91. The highest BCUT2D eigenvalue weighted by Crippen LogP contribution is 2.34. The van der Waals surface area contributed by atoms with Crippen LogP contribution in [0.25, 0.3) is 20.8 Å². The lowest BCUT2D eigenvalue weighted by Gasteiger charge is -2.20. The summed E-state index contributed by atoms with van der Waals surface area (Å²) in [6.07, 6.45) is 5.23. The first-order valence-electron chi connectivity index (χ1n) is 11.5. The molecule has 6 rings (SSSR count). The molecule has 5 aliphatic rings. The van der Waals surface area contributed by atoms with Crippen LogP contribution in [0.15, 0.2) is 30.3 Å². The van der Waals surface area contributed by atoms with E-state index in [0.717, 1.165) is 31.7 Å². The van der Waals surface area contributed by atoms with E-state index in [9.17, 15) is 0 Å². The van der Waals surface area contributed by atoms with E-state index < -0.39 is 0 Å². The summed E-state index contributed by atoms with van der Waals surface area (Å²) in [6, 6.07) is 11.7. The Morgan fingerprint density at radius 2 is 1.53 bits per heavy atom. The molecule has 0 aromatic heterocycles. The fourth-order valence-corrected chi connectivity index (χ4v) is 6.22. The number of benzene rings is 2. The van der Waals surface area contributed by atoms with E-state index in [4.69, 9.17) is 4.98 Å². The first-order chi connectivity index (χ1) is 14.8. The van der Waals surface area contributed by atoms with Gasteiger partial charge in [0.1, 0.15) is 0 Å². The number of anilines is 2. The molecule has 156 valence electrons. The average Bonchev–Trinajstić information content (AvgIpc) is 3.52. The van der Waals surface area contributed by atoms with E-state index in [1.54, 1.807) is 0 Å². The molecule has 0 spiro atoms. The Kier molecular flexibility index (Phi) is 4.84. The number of hydrogen-bond acceptors (Lipinski definition) is 5. The molecule has 4 heterocycles. The standard InChI is InChI=1S/C24H30N5S/c1-2-10-27(9-1)18-5-6-20-22(16-18)30-23-17-19(28-11-3-4-12-28)15-21(24(23)26-20)29-13-7-25-8-14-29/h5-6,15-17,25H,1-4,7-14H2/q+1. The minimum Gasteiger partial charge on any atom is -0.371 e. The van der Waals surface area contributed by atoms with E-state index in [-0.39, 0.29) is 0 Å². The summed E-state index contributed by atoms with van der Waals surface area (Å²) >= 11 is 1.92. The van der Waals surface area contributed by atoms with Crippen LogP contribution in [0.1, 0.15) is 25.7 Å². The van der Waals surface area contributed by atoms with Gasteiger partial charge in [0.2, 0.25) is 5.36 Å². The van der Waals surface area contributed by atoms with E-state index in [1.807, 2.05) is 11.3 Å². The summed E-state index contributed by atoms with van der Waals surface area (Å²) in [5, 5.41) is 4.81. The van der Waals surface area contributed by atoms with Gasteiger partial charge in [-0.2, -0.15) is 0 Å². The van der Waals surface area contributed by atoms with Crippen LogP contribution >= 0.6 is 11.3 Å². The molecule has 0 amide bonds. The molecule has 30 heavy (non-hydrogen) atoms. The molecule has 3 fully saturated rings. The highest BCUT2D eigenvalue weighted by molar-refractivity contribution is 7.21. The summed E-state index contributed by atoms with van der Waals surface area (Å²) in [5.74, 6) is 0. The molecule has 5 nitrogen and oxygen atoms in total. The number of aromatic nitrogens is 1. The average molecular weight is 421 g/mol. The molecule has 0 atom stereocenters. The second-order valence-electron chi connectivity index (χ2n) is 8.80. The molecule has 0 radical (unpaired) electrons. The van der Waals surface area contributed by atoms with Crippen LogP contribution in [0.4, 0.5) is 11.4 Å². The fraction of sp³-hybridized carbons (Fsp3) is 0.500. The van der Waals surface area contributed by atoms with Crippen molar-refractivity contribution in [1.29, 1.82) is 0 Å². The van der Waals surface area contributed by atoms with Crippen LogP contribution in [0, 0.1) is 0 Å². The van der Waals surface area contributed by atoms with Crippen LogP contribution in [-0.2, 0) is 0 Å². The lowest BCUT2D eigenvalue weighted by Crippen LogP contribution is -2.46. The lowest BCUT2D eigenvalue weighted by molar-refractivity contribution is 0.467. The summed E-state index contributed by atoms with van der Waals surface area (Å²) in [4.78, 5) is 11.6. The predicted octanol–water partition coefficient (Wildman–Crippen LogP) is 2.98. The van der Waals surface area contributed by atoms with Gasteiger partial charge in [0.25, 0.3) is 0 Å². The number of fused-ring (bicyclic) bond motifs is 2. The van der Waals surface area contributed by atoms with Crippen LogP contribution in [0.2, 0.25) is 0 Å². The van der Waals surface area contributed by atoms with E-state index in [0.29, 0.717) is 0 Å². The maximum absolute atomic E-state index is 5.20. The van der Waals surface area contributed by atoms with Crippen molar-refractivity contribution in [2.75, 3.05) is 62.2 Å². The van der Waals surface area contributed by atoms with Crippen molar-refractivity contribution < 1.29 is 0 Å². The number of piperazine rings is 1. The van der Waals surface area contributed by atoms with E-state index >= 15 is 0 Å². The van der Waals surface area contributed by atoms with Crippen molar-refractivity contribution in [2.24, 2.45) is 0 Å². The third kappa shape index (κ3) is 3.36. The predicted molar refractivity (Wildman–Crippen MR) is 127 cm³/mol. The molecule has 0 unspecified atom stereocenters. The molecule has 1 aromatic carbocycles. The zero-order valence-electron chi connectivity index (χ0n) is 17.6. The summed E-state index contributed by atoms with van der Waals surface area (Å²) < 4.78 is 3.83. The number of nitrogens with one attached hydrogen (secondary N) is 1. The second kappa shape index (κ2) is 7.82. The van der Waals surface area contributed by atoms with Crippen molar-refractivity contribution in [3.05, 3.63) is 35.7 Å². The normalized spacial score (nSPS) is 20.1.